The average molecular weight is 276 g/mol. The van der Waals surface area contributed by atoms with Gasteiger partial charge in [-0.3, -0.25) is 0 Å². The Morgan fingerprint density at radius 3 is 2.65 bits per heavy atom. The highest BCUT2D eigenvalue weighted by Crippen LogP contribution is 2.11. The van der Waals surface area contributed by atoms with Crippen molar-refractivity contribution in [2.75, 3.05) is 39.3 Å². The molecule has 1 fully saturated rings. The molecule has 0 unspecified atom stereocenters. The lowest BCUT2D eigenvalue weighted by Crippen LogP contribution is -2.24. The van der Waals surface area contributed by atoms with Gasteiger partial charge in [-0.25, -0.2) is 0 Å². The van der Waals surface area contributed by atoms with Crippen LogP contribution in [0.15, 0.2) is 24.3 Å². The summed E-state index contributed by atoms with van der Waals surface area (Å²) in [6.45, 7) is 9.41. The molecule has 0 spiro atoms. The van der Waals surface area contributed by atoms with E-state index in [2.05, 4.69) is 41.4 Å². The molecule has 20 heavy (non-hydrogen) atoms. The van der Waals surface area contributed by atoms with E-state index in [4.69, 9.17) is 4.74 Å². The highest BCUT2D eigenvalue weighted by Gasteiger charge is 2.10. The summed E-state index contributed by atoms with van der Waals surface area (Å²) in [5, 5.41) is 3.38. The molecule has 0 aromatic heterocycles. The quantitative estimate of drug-likeness (QED) is 0.701. The van der Waals surface area contributed by atoms with Crippen LogP contribution in [0.4, 0.5) is 0 Å². The Bertz CT molecular complexity index is 375. The second-order valence-corrected chi connectivity index (χ2v) is 5.47. The van der Waals surface area contributed by atoms with E-state index in [9.17, 15) is 0 Å². The van der Waals surface area contributed by atoms with E-state index in [1.165, 1.54) is 37.1 Å². The van der Waals surface area contributed by atoms with Crippen LogP contribution in [0.1, 0.15) is 30.9 Å². The number of likely N-dealkylation sites (tertiary alicyclic amines) is 1. The van der Waals surface area contributed by atoms with Gasteiger partial charge in [0.1, 0.15) is 0 Å². The molecular formula is C17H28N2O. The first-order valence-corrected chi connectivity index (χ1v) is 7.97. The third-order valence-electron chi connectivity index (χ3n) is 3.95. The first kappa shape index (κ1) is 15.5. The van der Waals surface area contributed by atoms with Crippen LogP contribution in [0.5, 0.6) is 0 Å². The molecule has 2 rings (SSSR count). The van der Waals surface area contributed by atoms with Crippen LogP contribution in [0.25, 0.3) is 0 Å². The molecule has 112 valence electrons. The largest absolute Gasteiger partial charge is 0.375 e. The molecule has 1 aromatic rings. The number of hydrogen-bond donors (Lipinski definition) is 1. The summed E-state index contributed by atoms with van der Waals surface area (Å²) in [4.78, 5) is 2.50. The molecule has 0 bridgehead atoms. The molecule has 1 heterocycles. The minimum atomic E-state index is 0.746. The Morgan fingerprint density at radius 1 is 1.15 bits per heavy atom. The number of benzene rings is 1. The normalized spacial score (nSPS) is 15.8. The molecule has 1 aromatic carbocycles. The number of ether oxygens (including phenoxy) is 1. The van der Waals surface area contributed by atoms with Gasteiger partial charge in [0.25, 0.3) is 0 Å². The maximum atomic E-state index is 5.87. The van der Waals surface area contributed by atoms with Crippen LogP contribution >= 0.6 is 0 Å². The van der Waals surface area contributed by atoms with Crippen LogP contribution in [0.3, 0.4) is 0 Å². The molecule has 1 aliphatic rings. The highest BCUT2D eigenvalue weighted by atomic mass is 16.5. The fraction of sp³-hybridized carbons (Fsp3) is 0.647. The minimum absolute atomic E-state index is 0.746. The molecule has 0 radical (unpaired) electrons. The molecule has 0 amide bonds. The van der Waals surface area contributed by atoms with Crippen molar-refractivity contribution in [2.24, 2.45) is 0 Å². The van der Waals surface area contributed by atoms with Crippen LogP contribution in [0.2, 0.25) is 0 Å². The van der Waals surface area contributed by atoms with Gasteiger partial charge < -0.3 is 15.0 Å². The van der Waals surface area contributed by atoms with E-state index in [1.54, 1.807) is 0 Å². The van der Waals surface area contributed by atoms with Gasteiger partial charge in [-0.2, -0.15) is 0 Å². The van der Waals surface area contributed by atoms with Gasteiger partial charge in [-0.05, 0) is 56.6 Å². The van der Waals surface area contributed by atoms with Gasteiger partial charge in [0, 0.05) is 6.54 Å². The standard InChI is InChI=1S/C17H28N2O/c1-2-18-10-9-16-7-3-4-8-17(16)15-20-14-13-19-11-5-6-12-19/h3-4,7-8,18H,2,5-6,9-15H2,1H3. The summed E-state index contributed by atoms with van der Waals surface area (Å²) in [6.07, 6.45) is 3.79. The summed E-state index contributed by atoms with van der Waals surface area (Å²) in [5.74, 6) is 0. The molecule has 0 aliphatic carbocycles. The zero-order valence-corrected chi connectivity index (χ0v) is 12.7. The Morgan fingerprint density at radius 2 is 1.90 bits per heavy atom. The van der Waals surface area contributed by atoms with E-state index in [1.807, 2.05) is 0 Å². The smallest absolute Gasteiger partial charge is 0.0720 e. The van der Waals surface area contributed by atoms with E-state index in [0.29, 0.717) is 0 Å². The summed E-state index contributed by atoms with van der Waals surface area (Å²) >= 11 is 0. The molecule has 3 nitrogen and oxygen atoms in total. The fourth-order valence-corrected chi connectivity index (χ4v) is 2.72. The molecule has 1 aliphatic heterocycles. The fourth-order valence-electron chi connectivity index (χ4n) is 2.72. The average Bonchev–Trinajstić information content (AvgIpc) is 2.98. The van der Waals surface area contributed by atoms with Gasteiger partial charge in [0.15, 0.2) is 0 Å². The van der Waals surface area contributed by atoms with E-state index in [0.717, 1.165) is 39.3 Å². The Kier molecular flexibility index (Phi) is 7.06. The van der Waals surface area contributed by atoms with Crippen molar-refractivity contribution >= 4 is 0 Å². The zero-order chi connectivity index (χ0) is 14.0. The number of nitrogens with one attached hydrogen (secondary N) is 1. The van der Waals surface area contributed by atoms with Crippen molar-refractivity contribution < 1.29 is 4.74 Å². The van der Waals surface area contributed by atoms with Crippen molar-refractivity contribution in [3.8, 4) is 0 Å². The maximum absolute atomic E-state index is 5.87. The summed E-state index contributed by atoms with van der Waals surface area (Å²) in [6, 6.07) is 8.64. The number of hydrogen-bond acceptors (Lipinski definition) is 3. The topological polar surface area (TPSA) is 24.5 Å². The lowest BCUT2D eigenvalue weighted by molar-refractivity contribution is 0.0988. The van der Waals surface area contributed by atoms with Crippen molar-refractivity contribution in [2.45, 2.75) is 32.8 Å². The SMILES string of the molecule is CCNCCc1ccccc1COCCN1CCCC1. The van der Waals surface area contributed by atoms with Gasteiger partial charge in [0.2, 0.25) is 0 Å². The van der Waals surface area contributed by atoms with Gasteiger partial charge in [0.05, 0.1) is 13.2 Å². The van der Waals surface area contributed by atoms with E-state index in [-0.39, 0.29) is 0 Å². The molecule has 0 atom stereocenters. The van der Waals surface area contributed by atoms with E-state index >= 15 is 0 Å². The van der Waals surface area contributed by atoms with Gasteiger partial charge in [-0.15, -0.1) is 0 Å². The Hall–Kier alpha value is -0.900. The zero-order valence-electron chi connectivity index (χ0n) is 12.7. The van der Waals surface area contributed by atoms with E-state index < -0.39 is 0 Å². The Labute approximate surface area is 123 Å². The van der Waals surface area contributed by atoms with Crippen LogP contribution in [-0.4, -0.2) is 44.2 Å². The Balaban J connectivity index is 1.70. The third kappa shape index (κ3) is 5.23. The van der Waals surface area contributed by atoms with Crippen molar-refractivity contribution in [1.29, 1.82) is 0 Å². The molecule has 1 N–H and O–H groups in total. The second-order valence-electron chi connectivity index (χ2n) is 5.47. The van der Waals surface area contributed by atoms with Crippen LogP contribution < -0.4 is 5.32 Å². The second kappa shape index (κ2) is 9.11. The predicted molar refractivity (Wildman–Crippen MR) is 84.0 cm³/mol. The molecule has 3 heteroatoms. The summed E-state index contributed by atoms with van der Waals surface area (Å²) in [5.41, 5.74) is 2.75. The molecular weight excluding hydrogens is 248 g/mol. The van der Waals surface area contributed by atoms with Crippen LogP contribution in [0, 0.1) is 0 Å². The lowest BCUT2D eigenvalue weighted by atomic mass is 10.1. The third-order valence-corrected chi connectivity index (χ3v) is 3.95. The summed E-state index contributed by atoms with van der Waals surface area (Å²) in [7, 11) is 0. The van der Waals surface area contributed by atoms with Gasteiger partial charge >= 0.3 is 0 Å². The van der Waals surface area contributed by atoms with Gasteiger partial charge in [-0.1, -0.05) is 31.2 Å². The highest BCUT2D eigenvalue weighted by molar-refractivity contribution is 5.26. The first-order valence-electron chi connectivity index (χ1n) is 7.97. The summed E-state index contributed by atoms with van der Waals surface area (Å²) < 4.78 is 5.87. The maximum Gasteiger partial charge on any atom is 0.0720 e. The van der Waals surface area contributed by atoms with Crippen molar-refractivity contribution in [3.05, 3.63) is 35.4 Å². The number of likely N-dealkylation sites (N-methyl/N-ethyl adjacent to an activating group) is 1. The lowest BCUT2D eigenvalue weighted by Gasteiger charge is -2.15. The first-order chi connectivity index (χ1) is 9.90. The van der Waals surface area contributed by atoms with Crippen LogP contribution in [-0.2, 0) is 17.8 Å². The molecule has 1 saturated heterocycles. The van der Waals surface area contributed by atoms with Crippen molar-refractivity contribution in [3.63, 3.8) is 0 Å². The molecule has 0 saturated carbocycles. The number of rotatable bonds is 9. The predicted octanol–water partition coefficient (Wildman–Crippen LogP) is 2.45. The van der Waals surface area contributed by atoms with Crippen molar-refractivity contribution in [1.82, 2.24) is 10.2 Å². The monoisotopic (exact) mass is 276 g/mol. The minimum Gasteiger partial charge on any atom is -0.375 e. The number of nitrogens with zero attached hydrogens (tertiary/aromatic N) is 1.